The minimum Gasteiger partial charge on any atom is -0.399 e. The van der Waals surface area contributed by atoms with Crippen LogP contribution in [-0.4, -0.2) is 17.0 Å². The van der Waals surface area contributed by atoms with E-state index >= 15 is 0 Å². The molecule has 1 rings (SSSR count). The second-order valence-electron chi connectivity index (χ2n) is 3.14. The third-order valence-corrected chi connectivity index (χ3v) is 3.05. The number of anilines is 1. The predicted molar refractivity (Wildman–Crippen MR) is 58.0 cm³/mol. The molecule has 0 aliphatic carbocycles. The van der Waals surface area contributed by atoms with Crippen LogP contribution in [0.4, 0.5) is 5.69 Å². The minimum atomic E-state index is 0.203. The first-order chi connectivity index (χ1) is 6.13. The molecule has 0 spiro atoms. The molecule has 0 radical (unpaired) electrons. The molecule has 0 aliphatic rings. The topological polar surface area (TPSA) is 46.2 Å². The van der Waals surface area contributed by atoms with Crippen LogP contribution < -0.4 is 5.73 Å². The molecule has 0 bridgehead atoms. The third-order valence-electron chi connectivity index (χ3n) is 1.78. The van der Waals surface area contributed by atoms with Gasteiger partial charge in [-0.1, -0.05) is 6.92 Å². The highest BCUT2D eigenvalue weighted by atomic mass is 32.2. The van der Waals surface area contributed by atoms with Crippen molar-refractivity contribution in [3.63, 3.8) is 0 Å². The van der Waals surface area contributed by atoms with Crippen LogP contribution in [0.1, 0.15) is 12.5 Å². The SMILES string of the molecule is Cc1cc(N)ccc1SC(C)CO. The third kappa shape index (κ3) is 2.94. The van der Waals surface area contributed by atoms with Crippen molar-refractivity contribution >= 4 is 17.4 Å². The Morgan fingerprint density at radius 3 is 2.77 bits per heavy atom. The standard InChI is InChI=1S/C10H15NOS/c1-7-5-9(11)3-4-10(7)13-8(2)6-12/h3-5,8,12H,6,11H2,1-2H3. The summed E-state index contributed by atoms with van der Waals surface area (Å²) in [4.78, 5) is 1.19. The van der Waals surface area contributed by atoms with Gasteiger partial charge in [0.2, 0.25) is 0 Å². The largest absolute Gasteiger partial charge is 0.399 e. The highest BCUT2D eigenvalue weighted by molar-refractivity contribution is 8.00. The van der Waals surface area contributed by atoms with E-state index in [-0.39, 0.29) is 11.9 Å². The summed E-state index contributed by atoms with van der Waals surface area (Å²) < 4.78 is 0. The van der Waals surface area contributed by atoms with Gasteiger partial charge in [0, 0.05) is 15.8 Å². The van der Waals surface area contributed by atoms with Crippen LogP contribution in [0.3, 0.4) is 0 Å². The Balaban J connectivity index is 2.77. The van der Waals surface area contributed by atoms with Gasteiger partial charge in [0.15, 0.2) is 0 Å². The average Bonchev–Trinajstić information content (AvgIpc) is 2.09. The average molecular weight is 197 g/mol. The number of rotatable bonds is 3. The molecule has 1 aromatic rings. The summed E-state index contributed by atoms with van der Waals surface area (Å²) >= 11 is 1.67. The van der Waals surface area contributed by atoms with Gasteiger partial charge in [-0.05, 0) is 30.7 Å². The first kappa shape index (κ1) is 10.4. The Morgan fingerprint density at radius 2 is 2.23 bits per heavy atom. The number of benzene rings is 1. The van der Waals surface area contributed by atoms with Gasteiger partial charge in [-0.25, -0.2) is 0 Å². The van der Waals surface area contributed by atoms with Gasteiger partial charge < -0.3 is 10.8 Å². The molecule has 2 nitrogen and oxygen atoms in total. The molecule has 0 aliphatic heterocycles. The molecule has 0 aromatic heterocycles. The second-order valence-corrected chi connectivity index (χ2v) is 4.62. The summed E-state index contributed by atoms with van der Waals surface area (Å²) in [5, 5.41) is 9.13. The van der Waals surface area contributed by atoms with Crippen LogP contribution in [-0.2, 0) is 0 Å². The summed E-state index contributed by atoms with van der Waals surface area (Å²) in [7, 11) is 0. The zero-order valence-electron chi connectivity index (χ0n) is 7.95. The van der Waals surface area contributed by atoms with E-state index in [1.54, 1.807) is 11.8 Å². The summed E-state index contributed by atoms with van der Waals surface area (Å²) in [5.41, 5.74) is 7.59. The van der Waals surface area contributed by atoms with Crippen molar-refractivity contribution in [1.82, 2.24) is 0 Å². The highest BCUT2D eigenvalue weighted by Crippen LogP contribution is 2.27. The lowest BCUT2D eigenvalue weighted by molar-refractivity contribution is 0.300. The van der Waals surface area contributed by atoms with E-state index in [9.17, 15) is 0 Å². The van der Waals surface area contributed by atoms with E-state index in [4.69, 9.17) is 10.8 Å². The maximum atomic E-state index is 8.90. The number of hydrogen-bond donors (Lipinski definition) is 2. The van der Waals surface area contributed by atoms with Crippen LogP contribution in [0.25, 0.3) is 0 Å². The Hall–Kier alpha value is -0.670. The number of thioether (sulfide) groups is 1. The highest BCUT2D eigenvalue weighted by Gasteiger charge is 2.04. The summed E-state index contributed by atoms with van der Waals surface area (Å²) in [5.74, 6) is 0. The lowest BCUT2D eigenvalue weighted by Gasteiger charge is -2.10. The van der Waals surface area contributed by atoms with Crippen molar-refractivity contribution in [2.45, 2.75) is 24.0 Å². The van der Waals surface area contributed by atoms with E-state index < -0.39 is 0 Å². The molecule has 72 valence electrons. The van der Waals surface area contributed by atoms with Crippen molar-refractivity contribution in [3.05, 3.63) is 23.8 Å². The molecule has 0 amide bonds. The summed E-state index contributed by atoms with van der Waals surface area (Å²) in [6.07, 6.45) is 0. The quantitative estimate of drug-likeness (QED) is 0.576. The summed E-state index contributed by atoms with van der Waals surface area (Å²) in [6.45, 7) is 4.23. The molecule has 1 unspecified atom stereocenters. The molecule has 3 N–H and O–H groups in total. The van der Waals surface area contributed by atoms with Crippen LogP contribution in [0.5, 0.6) is 0 Å². The Morgan fingerprint density at radius 1 is 1.54 bits per heavy atom. The number of aryl methyl sites for hydroxylation is 1. The number of nitrogens with two attached hydrogens (primary N) is 1. The smallest absolute Gasteiger partial charge is 0.0550 e. The van der Waals surface area contributed by atoms with Crippen molar-refractivity contribution in [1.29, 1.82) is 0 Å². The van der Waals surface area contributed by atoms with E-state index in [2.05, 4.69) is 0 Å². The first-order valence-electron chi connectivity index (χ1n) is 4.27. The monoisotopic (exact) mass is 197 g/mol. The lowest BCUT2D eigenvalue weighted by atomic mass is 10.2. The van der Waals surface area contributed by atoms with E-state index in [0.29, 0.717) is 0 Å². The fraction of sp³-hybridized carbons (Fsp3) is 0.400. The molecule has 0 heterocycles. The van der Waals surface area contributed by atoms with E-state index in [1.165, 1.54) is 10.5 Å². The van der Waals surface area contributed by atoms with Crippen molar-refractivity contribution in [3.8, 4) is 0 Å². The van der Waals surface area contributed by atoms with Crippen LogP contribution in [0.2, 0.25) is 0 Å². The molecule has 1 atom stereocenters. The Labute approximate surface area is 83.1 Å². The Bertz CT molecular complexity index is 288. The van der Waals surface area contributed by atoms with E-state index in [0.717, 1.165) is 5.69 Å². The van der Waals surface area contributed by atoms with Gasteiger partial charge in [0.05, 0.1) is 6.61 Å². The molecule has 0 saturated carbocycles. The van der Waals surface area contributed by atoms with Gasteiger partial charge >= 0.3 is 0 Å². The second kappa shape index (κ2) is 4.53. The molecule has 0 saturated heterocycles. The van der Waals surface area contributed by atoms with Crippen molar-refractivity contribution in [2.75, 3.05) is 12.3 Å². The zero-order valence-corrected chi connectivity index (χ0v) is 8.77. The van der Waals surface area contributed by atoms with Gasteiger partial charge in [-0.3, -0.25) is 0 Å². The maximum Gasteiger partial charge on any atom is 0.0550 e. The molecule has 1 aromatic carbocycles. The minimum absolute atomic E-state index is 0.203. The van der Waals surface area contributed by atoms with Gasteiger partial charge in [0.25, 0.3) is 0 Å². The number of hydrogen-bond acceptors (Lipinski definition) is 3. The van der Waals surface area contributed by atoms with Crippen molar-refractivity contribution < 1.29 is 5.11 Å². The lowest BCUT2D eigenvalue weighted by Crippen LogP contribution is -2.02. The fourth-order valence-electron chi connectivity index (χ4n) is 1.06. The van der Waals surface area contributed by atoms with Gasteiger partial charge in [-0.2, -0.15) is 0 Å². The maximum absolute atomic E-state index is 8.90. The number of aliphatic hydroxyl groups excluding tert-OH is 1. The van der Waals surface area contributed by atoms with Gasteiger partial charge in [0.1, 0.15) is 0 Å². The first-order valence-corrected chi connectivity index (χ1v) is 5.15. The normalized spacial score (nSPS) is 12.8. The van der Waals surface area contributed by atoms with Crippen molar-refractivity contribution in [2.24, 2.45) is 0 Å². The zero-order chi connectivity index (χ0) is 9.84. The van der Waals surface area contributed by atoms with Gasteiger partial charge in [-0.15, -0.1) is 11.8 Å². The predicted octanol–water partition coefficient (Wildman–Crippen LogP) is 2.05. The molecule has 13 heavy (non-hydrogen) atoms. The molecular weight excluding hydrogens is 182 g/mol. The number of nitrogen functional groups attached to an aromatic ring is 1. The molecule has 0 fully saturated rings. The van der Waals surface area contributed by atoms with Crippen LogP contribution in [0, 0.1) is 6.92 Å². The van der Waals surface area contributed by atoms with Crippen LogP contribution in [0.15, 0.2) is 23.1 Å². The molecular formula is C10H15NOS. The number of aliphatic hydroxyl groups is 1. The Kier molecular flexibility index (Phi) is 3.63. The molecule has 3 heteroatoms. The summed E-state index contributed by atoms with van der Waals surface area (Å²) in [6, 6.07) is 5.84. The van der Waals surface area contributed by atoms with Crippen LogP contribution >= 0.6 is 11.8 Å². The van der Waals surface area contributed by atoms with E-state index in [1.807, 2.05) is 32.0 Å². The fourth-order valence-corrected chi connectivity index (χ4v) is 1.96.